The molecular formula is C20H22N4O4. The van der Waals surface area contributed by atoms with E-state index >= 15 is 0 Å². The SMILES string of the molecule is O=C(CCCCCNC(=O)c1ccccc1)N/N=C/c1cccc([N+](=O)[O-])c1. The molecule has 0 saturated heterocycles. The van der Waals surface area contributed by atoms with Crippen molar-refractivity contribution < 1.29 is 14.5 Å². The van der Waals surface area contributed by atoms with E-state index in [1.807, 2.05) is 18.2 Å². The van der Waals surface area contributed by atoms with Crippen LogP contribution in [-0.4, -0.2) is 29.5 Å². The lowest BCUT2D eigenvalue weighted by Gasteiger charge is -2.05. The van der Waals surface area contributed by atoms with Gasteiger partial charge >= 0.3 is 0 Å². The van der Waals surface area contributed by atoms with E-state index in [1.54, 1.807) is 24.3 Å². The highest BCUT2D eigenvalue weighted by atomic mass is 16.6. The number of benzene rings is 2. The number of carbonyl (C=O) groups excluding carboxylic acids is 2. The van der Waals surface area contributed by atoms with E-state index in [-0.39, 0.29) is 17.5 Å². The average Bonchev–Trinajstić information content (AvgIpc) is 2.71. The molecule has 2 amide bonds. The Labute approximate surface area is 162 Å². The third kappa shape index (κ3) is 7.36. The van der Waals surface area contributed by atoms with Gasteiger partial charge in [0.2, 0.25) is 5.91 Å². The predicted molar refractivity (Wildman–Crippen MR) is 106 cm³/mol. The largest absolute Gasteiger partial charge is 0.352 e. The zero-order chi connectivity index (χ0) is 20.2. The second kappa shape index (κ2) is 11.2. The lowest BCUT2D eigenvalue weighted by atomic mass is 10.2. The molecule has 0 atom stereocenters. The van der Waals surface area contributed by atoms with E-state index in [0.717, 1.165) is 12.8 Å². The third-order valence-electron chi connectivity index (χ3n) is 3.89. The molecule has 0 spiro atoms. The number of nitro benzene ring substituents is 1. The molecule has 8 nitrogen and oxygen atoms in total. The monoisotopic (exact) mass is 382 g/mol. The maximum absolute atomic E-state index is 11.9. The summed E-state index contributed by atoms with van der Waals surface area (Å²) in [6.45, 7) is 0.556. The number of unbranched alkanes of at least 4 members (excludes halogenated alkanes) is 2. The molecule has 146 valence electrons. The Hall–Kier alpha value is -3.55. The van der Waals surface area contributed by atoms with Crippen molar-refractivity contribution in [2.45, 2.75) is 25.7 Å². The molecular weight excluding hydrogens is 360 g/mol. The van der Waals surface area contributed by atoms with Crippen LogP contribution >= 0.6 is 0 Å². The fourth-order valence-electron chi connectivity index (χ4n) is 2.43. The lowest BCUT2D eigenvalue weighted by Crippen LogP contribution is -2.24. The van der Waals surface area contributed by atoms with Crippen LogP contribution in [0.1, 0.15) is 41.6 Å². The van der Waals surface area contributed by atoms with Gasteiger partial charge in [0.25, 0.3) is 11.6 Å². The number of amides is 2. The molecule has 0 aliphatic rings. The second-order valence-corrected chi connectivity index (χ2v) is 6.08. The summed E-state index contributed by atoms with van der Waals surface area (Å²) in [6, 6.07) is 15.0. The quantitative estimate of drug-likeness (QED) is 0.284. The molecule has 0 aliphatic heterocycles. The minimum atomic E-state index is -0.488. The predicted octanol–water partition coefficient (Wildman–Crippen LogP) is 3.04. The Morgan fingerprint density at radius 3 is 2.57 bits per heavy atom. The number of nitro groups is 1. The van der Waals surface area contributed by atoms with Gasteiger partial charge in [-0.1, -0.05) is 36.8 Å². The van der Waals surface area contributed by atoms with Crippen LogP contribution < -0.4 is 10.7 Å². The van der Waals surface area contributed by atoms with Crippen LogP contribution in [0.5, 0.6) is 0 Å². The van der Waals surface area contributed by atoms with Gasteiger partial charge in [0, 0.05) is 36.2 Å². The molecule has 0 aliphatic carbocycles. The summed E-state index contributed by atoms with van der Waals surface area (Å²) in [7, 11) is 0. The van der Waals surface area contributed by atoms with Crippen molar-refractivity contribution in [2.24, 2.45) is 5.10 Å². The van der Waals surface area contributed by atoms with Crippen molar-refractivity contribution >= 4 is 23.7 Å². The number of nitrogens with one attached hydrogen (secondary N) is 2. The highest BCUT2D eigenvalue weighted by Crippen LogP contribution is 2.11. The summed E-state index contributed by atoms with van der Waals surface area (Å²) >= 11 is 0. The number of non-ortho nitro benzene ring substituents is 1. The van der Waals surface area contributed by atoms with Gasteiger partial charge in [-0.05, 0) is 25.0 Å². The summed E-state index contributed by atoms with van der Waals surface area (Å²) in [5.41, 5.74) is 3.53. The van der Waals surface area contributed by atoms with Crippen molar-refractivity contribution in [3.63, 3.8) is 0 Å². The van der Waals surface area contributed by atoms with Gasteiger partial charge in [-0.2, -0.15) is 5.10 Å². The van der Waals surface area contributed by atoms with Crippen LogP contribution in [0.25, 0.3) is 0 Å². The molecule has 0 fully saturated rings. The first kappa shape index (κ1) is 20.8. The van der Waals surface area contributed by atoms with E-state index in [2.05, 4.69) is 15.8 Å². The summed E-state index contributed by atoms with van der Waals surface area (Å²) in [6.07, 6.45) is 3.95. The molecule has 8 heteroatoms. The maximum atomic E-state index is 11.9. The Balaban J connectivity index is 1.58. The first-order valence-corrected chi connectivity index (χ1v) is 8.96. The highest BCUT2D eigenvalue weighted by Gasteiger charge is 2.05. The van der Waals surface area contributed by atoms with Gasteiger partial charge in [0.15, 0.2) is 0 Å². The normalized spacial score (nSPS) is 10.6. The van der Waals surface area contributed by atoms with E-state index in [9.17, 15) is 19.7 Å². The summed E-state index contributed by atoms with van der Waals surface area (Å²) < 4.78 is 0. The molecule has 0 aromatic heterocycles. The van der Waals surface area contributed by atoms with Gasteiger partial charge in [-0.15, -0.1) is 0 Å². The Morgan fingerprint density at radius 2 is 1.82 bits per heavy atom. The summed E-state index contributed by atoms with van der Waals surface area (Å²) in [5, 5.41) is 17.4. The molecule has 0 saturated carbocycles. The Morgan fingerprint density at radius 1 is 1.04 bits per heavy atom. The Bertz CT molecular complexity index is 837. The van der Waals surface area contributed by atoms with Crippen LogP contribution in [0.4, 0.5) is 5.69 Å². The minimum Gasteiger partial charge on any atom is -0.352 e. The number of hydrogen-bond acceptors (Lipinski definition) is 5. The van der Waals surface area contributed by atoms with Gasteiger partial charge in [0.1, 0.15) is 0 Å². The van der Waals surface area contributed by atoms with Gasteiger partial charge in [0.05, 0.1) is 11.1 Å². The van der Waals surface area contributed by atoms with E-state index in [1.165, 1.54) is 18.3 Å². The number of hydrogen-bond donors (Lipinski definition) is 2. The summed E-state index contributed by atoms with van der Waals surface area (Å²) in [4.78, 5) is 33.8. The van der Waals surface area contributed by atoms with Crippen molar-refractivity contribution in [1.29, 1.82) is 0 Å². The second-order valence-electron chi connectivity index (χ2n) is 6.08. The first-order valence-electron chi connectivity index (χ1n) is 8.96. The molecule has 2 aromatic carbocycles. The fourth-order valence-corrected chi connectivity index (χ4v) is 2.43. The topological polar surface area (TPSA) is 114 Å². The average molecular weight is 382 g/mol. The van der Waals surface area contributed by atoms with Crippen LogP contribution in [0.3, 0.4) is 0 Å². The fraction of sp³-hybridized carbons (Fsp3) is 0.250. The standard InChI is InChI=1S/C20H22N4O4/c25-19(23-22-15-16-8-7-11-18(14-16)24(27)28)12-5-2-6-13-21-20(26)17-9-3-1-4-10-17/h1,3-4,7-11,14-15H,2,5-6,12-13H2,(H,21,26)(H,23,25)/b22-15+. The van der Waals surface area contributed by atoms with Crippen molar-refractivity contribution in [2.75, 3.05) is 6.54 Å². The number of rotatable bonds is 10. The number of carbonyl (C=O) groups is 2. The van der Waals surface area contributed by atoms with Crippen LogP contribution in [0.15, 0.2) is 59.7 Å². The van der Waals surface area contributed by atoms with E-state index in [0.29, 0.717) is 30.5 Å². The smallest absolute Gasteiger partial charge is 0.270 e. The van der Waals surface area contributed by atoms with Crippen molar-refractivity contribution in [1.82, 2.24) is 10.7 Å². The molecule has 2 rings (SSSR count). The Kier molecular flexibility index (Phi) is 8.32. The van der Waals surface area contributed by atoms with Gasteiger partial charge in [-0.3, -0.25) is 19.7 Å². The molecule has 0 heterocycles. The van der Waals surface area contributed by atoms with Gasteiger partial charge < -0.3 is 5.32 Å². The first-order chi connectivity index (χ1) is 13.6. The van der Waals surface area contributed by atoms with Crippen LogP contribution in [-0.2, 0) is 4.79 Å². The van der Waals surface area contributed by atoms with E-state index in [4.69, 9.17) is 0 Å². The van der Waals surface area contributed by atoms with Gasteiger partial charge in [-0.25, -0.2) is 5.43 Å². The van der Waals surface area contributed by atoms with Crippen LogP contribution in [0, 0.1) is 10.1 Å². The third-order valence-corrected chi connectivity index (χ3v) is 3.89. The molecule has 2 N–H and O–H groups in total. The number of nitrogens with zero attached hydrogens (tertiary/aromatic N) is 2. The lowest BCUT2D eigenvalue weighted by molar-refractivity contribution is -0.384. The molecule has 0 bridgehead atoms. The van der Waals surface area contributed by atoms with Crippen LogP contribution in [0.2, 0.25) is 0 Å². The zero-order valence-electron chi connectivity index (χ0n) is 15.3. The molecule has 28 heavy (non-hydrogen) atoms. The molecule has 0 unspecified atom stereocenters. The van der Waals surface area contributed by atoms with Crippen molar-refractivity contribution in [3.05, 3.63) is 75.8 Å². The summed E-state index contributed by atoms with van der Waals surface area (Å²) in [5.74, 6) is -0.330. The maximum Gasteiger partial charge on any atom is 0.270 e. The molecule has 0 radical (unpaired) electrons. The van der Waals surface area contributed by atoms with Crippen molar-refractivity contribution in [3.8, 4) is 0 Å². The van der Waals surface area contributed by atoms with E-state index < -0.39 is 4.92 Å². The minimum absolute atomic E-state index is 0.0327. The highest BCUT2D eigenvalue weighted by molar-refractivity contribution is 5.94. The number of hydrazone groups is 1. The zero-order valence-corrected chi connectivity index (χ0v) is 15.3. The molecule has 2 aromatic rings.